The van der Waals surface area contributed by atoms with Crippen LogP contribution in [0.4, 0.5) is 0 Å². The van der Waals surface area contributed by atoms with Crippen LogP contribution in [0.2, 0.25) is 0 Å². The standard InChI is InChI=1S/C17H17N3O6/c1-10(15(21)22)20(8-11-4-2-6-13(18-11)16(23)24)9-12-5-3-7-14(19-12)17(25)26/h2-7,10H,8-9H2,1H3,(H,21,22)(H,23,24)(H,25,26)/t10-/m0/s1. The summed E-state index contributed by atoms with van der Waals surface area (Å²) in [7, 11) is 0. The number of aromatic carboxylic acids is 2. The third-order valence-electron chi connectivity index (χ3n) is 3.69. The van der Waals surface area contributed by atoms with Gasteiger partial charge in [0.15, 0.2) is 0 Å². The van der Waals surface area contributed by atoms with E-state index in [0.717, 1.165) is 0 Å². The lowest BCUT2D eigenvalue weighted by Gasteiger charge is -2.25. The van der Waals surface area contributed by atoms with Crippen LogP contribution in [0, 0.1) is 0 Å². The Hall–Kier alpha value is -3.33. The molecule has 2 heterocycles. The summed E-state index contributed by atoms with van der Waals surface area (Å²) in [4.78, 5) is 43.0. The third-order valence-corrected chi connectivity index (χ3v) is 3.69. The van der Waals surface area contributed by atoms with Crippen molar-refractivity contribution in [2.24, 2.45) is 0 Å². The molecule has 0 saturated carbocycles. The Balaban J connectivity index is 2.28. The van der Waals surface area contributed by atoms with Gasteiger partial charge in [0.05, 0.1) is 11.4 Å². The average Bonchev–Trinajstić information content (AvgIpc) is 2.60. The van der Waals surface area contributed by atoms with Gasteiger partial charge in [-0.3, -0.25) is 9.69 Å². The fraction of sp³-hybridized carbons (Fsp3) is 0.235. The second-order valence-corrected chi connectivity index (χ2v) is 5.56. The van der Waals surface area contributed by atoms with Crippen molar-refractivity contribution in [3.05, 3.63) is 59.2 Å². The normalized spacial score (nSPS) is 11.9. The first-order chi connectivity index (χ1) is 12.3. The van der Waals surface area contributed by atoms with Gasteiger partial charge < -0.3 is 15.3 Å². The topological polar surface area (TPSA) is 141 Å². The number of hydrogen-bond donors (Lipinski definition) is 3. The van der Waals surface area contributed by atoms with Crippen LogP contribution in [-0.2, 0) is 17.9 Å². The molecule has 0 aliphatic heterocycles. The van der Waals surface area contributed by atoms with Crippen molar-refractivity contribution in [2.75, 3.05) is 0 Å². The summed E-state index contributed by atoms with van der Waals surface area (Å²) in [5, 5.41) is 27.4. The highest BCUT2D eigenvalue weighted by molar-refractivity contribution is 5.85. The predicted octanol–water partition coefficient (Wildman–Crippen LogP) is 1.35. The molecule has 3 N–H and O–H groups in total. The van der Waals surface area contributed by atoms with Crippen LogP contribution in [0.25, 0.3) is 0 Å². The molecule has 0 fully saturated rings. The van der Waals surface area contributed by atoms with E-state index in [2.05, 4.69) is 9.97 Å². The lowest BCUT2D eigenvalue weighted by atomic mass is 10.2. The van der Waals surface area contributed by atoms with E-state index in [1.165, 1.54) is 36.1 Å². The maximum atomic E-state index is 11.4. The van der Waals surface area contributed by atoms with E-state index in [4.69, 9.17) is 10.2 Å². The van der Waals surface area contributed by atoms with Gasteiger partial charge >= 0.3 is 17.9 Å². The van der Waals surface area contributed by atoms with Gasteiger partial charge in [-0.15, -0.1) is 0 Å². The van der Waals surface area contributed by atoms with Crippen molar-refractivity contribution in [3.8, 4) is 0 Å². The van der Waals surface area contributed by atoms with Gasteiger partial charge in [0.2, 0.25) is 0 Å². The molecule has 0 aromatic carbocycles. The van der Waals surface area contributed by atoms with Crippen molar-refractivity contribution in [2.45, 2.75) is 26.1 Å². The zero-order chi connectivity index (χ0) is 19.3. The predicted molar refractivity (Wildman–Crippen MR) is 88.7 cm³/mol. The summed E-state index contributed by atoms with van der Waals surface area (Å²) in [5.74, 6) is -3.44. The molecule has 9 heteroatoms. The Bertz CT molecular complexity index is 779. The van der Waals surface area contributed by atoms with Crippen molar-refractivity contribution in [1.29, 1.82) is 0 Å². The Kier molecular flexibility index (Phi) is 5.97. The van der Waals surface area contributed by atoms with Gasteiger partial charge in [0.1, 0.15) is 17.4 Å². The van der Waals surface area contributed by atoms with Crippen LogP contribution < -0.4 is 0 Å². The highest BCUT2D eigenvalue weighted by Gasteiger charge is 2.22. The van der Waals surface area contributed by atoms with Crippen molar-refractivity contribution in [1.82, 2.24) is 14.9 Å². The van der Waals surface area contributed by atoms with Crippen LogP contribution in [-0.4, -0.2) is 54.1 Å². The first-order valence-electron chi connectivity index (χ1n) is 7.63. The van der Waals surface area contributed by atoms with Crippen molar-refractivity contribution < 1.29 is 29.7 Å². The highest BCUT2D eigenvalue weighted by Crippen LogP contribution is 2.13. The first kappa shape index (κ1) is 19.0. The Morgan fingerprint density at radius 1 is 0.885 bits per heavy atom. The largest absolute Gasteiger partial charge is 0.480 e. The van der Waals surface area contributed by atoms with E-state index in [1.807, 2.05) is 0 Å². The molecule has 0 spiro atoms. The van der Waals surface area contributed by atoms with E-state index in [0.29, 0.717) is 11.4 Å². The minimum atomic E-state index is -1.18. The van der Waals surface area contributed by atoms with E-state index in [-0.39, 0.29) is 24.5 Å². The fourth-order valence-corrected chi connectivity index (χ4v) is 2.28. The van der Waals surface area contributed by atoms with Gasteiger partial charge in [0.25, 0.3) is 0 Å². The van der Waals surface area contributed by atoms with E-state index < -0.39 is 23.9 Å². The van der Waals surface area contributed by atoms with E-state index in [9.17, 15) is 19.5 Å². The number of nitrogens with zero attached hydrogens (tertiary/aromatic N) is 3. The summed E-state index contributed by atoms with van der Waals surface area (Å²) in [6.07, 6.45) is 0. The SMILES string of the molecule is C[C@@H](C(=O)O)N(Cc1cccc(C(=O)O)n1)Cc1cccc(C(=O)O)n1. The molecule has 0 saturated heterocycles. The molecule has 136 valence electrons. The molecular weight excluding hydrogens is 342 g/mol. The number of carboxylic acids is 3. The van der Waals surface area contributed by atoms with Crippen molar-refractivity contribution in [3.63, 3.8) is 0 Å². The zero-order valence-electron chi connectivity index (χ0n) is 13.9. The number of carboxylic acid groups (broad SMARTS) is 3. The maximum Gasteiger partial charge on any atom is 0.354 e. The molecule has 1 atom stereocenters. The minimum absolute atomic E-state index is 0.0631. The van der Waals surface area contributed by atoms with Gasteiger partial charge in [-0.05, 0) is 31.2 Å². The lowest BCUT2D eigenvalue weighted by molar-refractivity contribution is -0.143. The molecule has 0 aliphatic rings. The molecule has 0 radical (unpaired) electrons. The van der Waals surface area contributed by atoms with Gasteiger partial charge in [-0.1, -0.05) is 12.1 Å². The molecule has 26 heavy (non-hydrogen) atoms. The smallest absolute Gasteiger partial charge is 0.354 e. The average molecular weight is 359 g/mol. The zero-order valence-corrected chi connectivity index (χ0v) is 13.9. The lowest BCUT2D eigenvalue weighted by Crippen LogP contribution is -2.38. The van der Waals surface area contributed by atoms with Gasteiger partial charge in [0, 0.05) is 13.1 Å². The van der Waals surface area contributed by atoms with Gasteiger partial charge in [-0.25, -0.2) is 19.6 Å². The number of aromatic nitrogens is 2. The summed E-state index contributed by atoms with van der Waals surface area (Å²) < 4.78 is 0. The monoisotopic (exact) mass is 359 g/mol. The first-order valence-corrected chi connectivity index (χ1v) is 7.63. The van der Waals surface area contributed by atoms with Crippen LogP contribution in [0.15, 0.2) is 36.4 Å². The summed E-state index contributed by atoms with van der Waals surface area (Å²) in [6, 6.07) is 8.01. The van der Waals surface area contributed by atoms with E-state index >= 15 is 0 Å². The molecule has 2 aromatic rings. The summed E-state index contributed by atoms with van der Waals surface area (Å²) in [5.41, 5.74) is 0.479. The highest BCUT2D eigenvalue weighted by atomic mass is 16.4. The Morgan fingerprint density at radius 3 is 1.65 bits per heavy atom. The molecular formula is C17H17N3O6. The van der Waals surface area contributed by atoms with Crippen LogP contribution in [0.1, 0.15) is 39.3 Å². The van der Waals surface area contributed by atoms with Crippen LogP contribution in [0.5, 0.6) is 0 Å². The second-order valence-electron chi connectivity index (χ2n) is 5.56. The number of aliphatic carboxylic acids is 1. The number of hydrogen-bond acceptors (Lipinski definition) is 6. The molecule has 0 aliphatic carbocycles. The van der Waals surface area contributed by atoms with Crippen LogP contribution >= 0.6 is 0 Å². The van der Waals surface area contributed by atoms with E-state index in [1.54, 1.807) is 12.1 Å². The summed E-state index contributed by atoms with van der Waals surface area (Å²) in [6.45, 7) is 1.60. The maximum absolute atomic E-state index is 11.4. The quantitative estimate of drug-likeness (QED) is 0.636. The Morgan fingerprint density at radius 2 is 1.31 bits per heavy atom. The number of pyridine rings is 2. The molecule has 2 rings (SSSR count). The second kappa shape index (κ2) is 8.17. The van der Waals surface area contributed by atoms with Crippen LogP contribution in [0.3, 0.4) is 0 Å². The molecule has 9 nitrogen and oxygen atoms in total. The Labute approximate surface area is 148 Å². The molecule has 0 amide bonds. The molecule has 0 unspecified atom stereocenters. The molecule has 0 bridgehead atoms. The molecule has 2 aromatic heterocycles. The fourth-order valence-electron chi connectivity index (χ4n) is 2.28. The third kappa shape index (κ3) is 4.84. The summed E-state index contributed by atoms with van der Waals surface area (Å²) >= 11 is 0. The number of carbonyl (C=O) groups is 3. The minimum Gasteiger partial charge on any atom is -0.480 e. The van der Waals surface area contributed by atoms with Gasteiger partial charge in [-0.2, -0.15) is 0 Å². The number of rotatable bonds is 8. The van der Waals surface area contributed by atoms with Crippen molar-refractivity contribution >= 4 is 17.9 Å².